The van der Waals surface area contributed by atoms with Gasteiger partial charge in [0.1, 0.15) is 0 Å². The molecule has 0 aromatic heterocycles. The van der Waals surface area contributed by atoms with Crippen molar-refractivity contribution in [2.45, 2.75) is 25.9 Å². The van der Waals surface area contributed by atoms with Gasteiger partial charge in [0.25, 0.3) is 5.91 Å². The molecule has 1 aromatic carbocycles. The summed E-state index contributed by atoms with van der Waals surface area (Å²) in [5, 5.41) is 15.7. The lowest BCUT2D eigenvalue weighted by Gasteiger charge is -2.19. The highest BCUT2D eigenvalue weighted by Crippen LogP contribution is 2.20. The number of benzene rings is 1. The number of aliphatic hydroxyl groups is 1. The molecule has 1 fully saturated rings. The zero-order valence-corrected chi connectivity index (χ0v) is 13.0. The third-order valence-corrected chi connectivity index (χ3v) is 4.55. The van der Waals surface area contributed by atoms with E-state index < -0.39 is 0 Å². The zero-order valence-electron chi connectivity index (χ0n) is 13.0. The minimum atomic E-state index is -0.297. The molecule has 0 saturated carbocycles. The van der Waals surface area contributed by atoms with Crippen LogP contribution in [0.1, 0.15) is 25.3 Å². The van der Waals surface area contributed by atoms with Gasteiger partial charge >= 0.3 is 0 Å². The lowest BCUT2D eigenvalue weighted by Crippen LogP contribution is -2.36. The van der Waals surface area contributed by atoms with Gasteiger partial charge < -0.3 is 5.11 Å². The van der Waals surface area contributed by atoms with Crippen molar-refractivity contribution in [3.63, 3.8) is 0 Å². The topological polar surface area (TPSA) is 56.1 Å². The maximum Gasteiger partial charge on any atom is 0.256 e. The number of carbonyl (C=O) groups excluding carboxylic acids is 1. The SMILES string of the molecule is CC(O)C1CCN(CC(=O)N2CCC(c3ccccc3)=N2)C1. The van der Waals surface area contributed by atoms with Crippen molar-refractivity contribution in [1.82, 2.24) is 9.91 Å². The Morgan fingerprint density at radius 1 is 1.36 bits per heavy atom. The lowest BCUT2D eigenvalue weighted by atomic mass is 10.0. The zero-order chi connectivity index (χ0) is 15.5. The molecule has 2 heterocycles. The van der Waals surface area contributed by atoms with Crippen LogP contribution in [0.4, 0.5) is 0 Å². The third-order valence-electron chi connectivity index (χ3n) is 4.55. The van der Waals surface area contributed by atoms with Gasteiger partial charge in [0.05, 0.1) is 24.9 Å². The summed E-state index contributed by atoms with van der Waals surface area (Å²) in [5.41, 5.74) is 2.07. The van der Waals surface area contributed by atoms with E-state index in [2.05, 4.69) is 10.0 Å². The summed E-state index contributed by atoms with van der Waals surface area (Å²) in [5.74, 6) is 0.340. The summed E-state index contributed by atoms with van der Waals surface area (Å²) >= 11 is 0. The molecule has 22 heavy (non-hydrogen) atoms. The van der Waals surface area contributed by atoms with Gasteiger partial charge in [-0.2, -0.15) is 5.10 Å². The van der Waals surface area contributed by atoms with Crippen molar-refractivity contribution in [2.24, 2.45) is 11.0 Å². The van der Waals surface area contributed by atoms with Crippen LogP contribution in [0.3, 0.4) is 0 Å². The number of hydrazone groups is 1. The summed E-state index contributed by atoms with van der Waals surface area (Å²) in [4.78, 5) is 14.5. The Morgan fingerprint density at radius 2 is 2.14 bits per heavy atom. The highest BCUT2D eigenvalue weighted by Gasteiger charge is 2.29. The highest BCUT2D eigenvalue weighted by molar-refractivity contribution is 6.02. The molecule has 1 saturated heterocycles. The van der Waals surface area contributed by atoms with E-state index in [0.29, 0.717) is 13.1 Å². The van der Waals surface area contributed by atoms with E-state index in [1.54, 1.807) is 5.01 Å². The van der Waals surface area contributed by atoms with Gasteiger partial charge in [-0.05, 0) is 31.4 Å². The lowest BCUT2D eigenvalue weighted by molar-refractivity contribution is -0.131. The number of aliphatic hydroxyl groups excluding tert-OH is 1. The fourth-order valence-corrected chi connectivity index (χ4v) is 3.14. The fourth-order valence-electron chi connectivity index (χ4n) is 3.14. The van der Waals surface area contributed by atoms with Crippen LogP contribution in [0.2, 0.25) is 0 Å². The van der Waals surface area contributed by atoms with Gasteiger partial charge in [0.15, 0.2) is 0 Å². The first-order chi connectivity index (χ1) is 10.6. The molecule has 0 radical (unpaired) electrons. The van der Waals surface area contributed by atoms with Crippen molar-refractivity contribution in [1.29, 1.82) is 0 Å². The first kappa shape index (κ1) is 15.2. The van der Waals surface area contributed by atoms with E-state index in [1.807, 2.05) is 37.3 Å². The minimum Gasteiger partial charge on any atom is -0.393 e. The molecule has 3 rings (SSSR count). The van der Waals surface area contributed by atoms with Crippen LogP contribution in [0.5, 0.6) is 0 Å². The second kappa shape index (κ2) is 6.58. The van der Waals surface area contributed by atoms with Crippen molar-refractivity contribution >= 4 is 11.6 Å². The van der Waals surface area contributed by atoms with Crippen LogP contribution in [0, 0.1) is 5.92 Å². The Bertz CT molecular complexity index is 556. The predicted octanol–water partition coefficient (Wildman–Crippen LogP) is 1.33. The molecule has 2 unspecified atom stereocenters. The number of amides is 1. The Morgan fingerprint density at radius 3 is 2.82 bits per heavy atom. The summed E-state index contributed by atoms with van der Waals surface area (Å²) in [6.07, 6.45) is 1.48. The average Bonchev–Trinajstić information content (AvgIpc) is 3.17. The molecule has 2 aliphatic heterocycles. The van der Waals surface area contributed by atoms with Crippen molar-refractivity contribution in [3.05, 3.63) is 35.9 Å². The van der Waals surface area contributed by atoms with Crippen LogP contribution in [-0.4, -0.2) is 58.9 Å². The number of hydrogen-bond acceptors (Lipinski definition) is 4. The van der Waals surface area contributed by atoms with Gasteiger partial charge in [-0.25, -0.2) is 5.01 Å². The van der Waals surface area contributed by atoms with Gasteiger partial charge in [-0.15, -0.1) is 0 Å². The largest absolute Gasteiger partial charge is 0.393 e. The smallest absolute Gasteiger partial charge is 0.256 e. The quantitative estimate of drug-likeness (QED) is 0.913. The number of likely N-dealkylation sites (tertiary alicyclic amines) is 1. The van der Waals surface area contributed by atoms with Crippen LogP contribution >= 0.6 is 0 Å². The average molecular weight is 301 g/mol. The van der Waals surface area contributed by atoms with E-state index in [1.165, 1.54) is 0 Å². The maximum atomic E-state index is 12.4. The molecule has 5 nitrogen and oxygen atoms in total. The molecule has 2 aliphatic rings. The molecule has 1 N–H and O–H groups in total. The second-order valence-corrected chi connectivity index (χ2v) is 6.20. The Labute approximate surface area is 131 Å². The minimum absolute atomic E-state index is 0.0529. The van der Waals surface area contributed by atoms with E-state index in [0.717, 1.165) is 37.2 Å². The molecule has 118 valence electrons. The van der Waals surface area contributed by atoms with E-state index in [4.69, 9.17) is 0 Å². The first-order valence-electron chi connectivity index (χ1n) is 7.97. The molecule has 1 aromatic rings. The fraction of sp³-hybridized carbons (Fsp3) is 0.529. The van der Waals surface area contributed by atoms with Crippen LogP contribution in [-0.2, 0) is 4.79 Å². The molecule has 2 atom stereocenters. The Balaban J connectivity index is 1.57. The van der Waals surface area contributed by atoms with Crippen LogP contribution in [0.15, 0.2) is 35.4 Å². The summed E-state index contributed by atoms with van der Waals surface area (Å²) in [6.45, 7) is 4.56. The normalized spacial score (nSPS) is 23.6. The van der Waals surface area contributed by atoms with Crippen molar-refractivity contribution in [3.8, 4) is 0 Å². The van der Waals surface area contributed by atoms with Crippen LogP contribution < -0.4 is 0 Å². The number of rotatable bonds is 4. The summed E-state index contributed by atoms with van der Waals surface area (Å²) < 4.78 is 0. The standard InChI is InChI=1S/C17H23N3O2/c1-13(21)15-7-9-19(11-15)12-17(22)20-10-8-16(18-20)14-5-3-2-4-6-14/h2-6,13,15,21H,7-12H2,1H3. The molecule has 1 amide bonds. The van der Waals surface area contributed by atoms with E-state index in [9.17, 15) is 9.90 Å². The molecule has 0 spiro atoms. The third kappa shape index (κ3) is 3.36. The van der Waals surface area contributed by atoms with Gasteiger partial charge in [-0.1, -0.05) is 30.3 Å². The number of hydrogen-bond donors (Lipinski definition) is 1. The molecule has 0 aliphatic carbocycles. The number of carbonyl (C=O) groups is 1. The van der Waals surface area contributed by atoms with Crippen LogP contribution in [0.25, 0.3) is 0 Å². The second-order valence-electron chi connectivity index (χ2n) is 6.20. The van der Waals surface area contributed by atoms with E-state index >= 15 is 0 Å². The van der Waals surface area contributed by atoms with E-state index in [-0.39, 0.29) is 17.9 Å². The van der Waals surface area contributed by atoms with Gasteiger partial charge in [-0.3, -0.25) is 9.69 Å². The summed E-state index contributed by atoms with van der Waals surface area (Å²) in [7, 11) is 0. The Kier molecular flexibility index (Phi) is 4.55. The molecular weight excluding hydrogens is 278 g/mol. The monoisotopic (exact) mass is 301 g/mol. The molecular formula is C17H23N3O2. The Hall–Kier alpha value is -1.72. The van der Waals surface area contributed by atoms with Gasteiger partial charge in [0.2, 0.25) is 0 Å². The predicted molar refractivity (Wildman–Crippen MR) is 85.5 cm³/mol. The highest BCUT2D eigenvalue weighted by atomic mass is 16.3. The maximum absolute atomic E-state index is 12.4. The first-order valence-corrected chi connectivity index (χ1v) is 7.97. The molecule has 0 bridgehead atoms. The molecule has 5 heteroatoms. The number of nitrogens with zero attached hydrogens (tertiary/aromatic N) is 3. The van der Waals surface area contributed by atoms with Gasteiger partial charge in [0, 0.05) is 13.0 Å². The van der Waals surface area contributed by atoms with Crippen molar-refractivity contribution in [2.75, 3.05) is 26.2 Å². The summed E-state index contributed by atoms with van der Waals surface area (Å²) in [6, 6.07) is 10.0. The van der Waals surface area contributed by atoms with Crippen molar-refractivity contribution < 1.29 is 9.90 Å².